The highest BCUT2D eigenvalue weighted by Gasteiger charge is 2.23. The predicted octanol–water partition coefficient (Wildman–Crippen LogP) is 5.48. The molecule has 4 rings (SSSR count). The van der Waals surface area contributed by atoms with Gasteiger partial charge in [0.15, 0.2) is 5.43 Å². The molecule has 0 spiro atoms. The monoisotopic (exact) mass is 687 g/mol. The fraction of sp³-hybridized carbons (Fsp3) is 0.395. The molecular weight excluding hydrogens is 642 g/mol. The van der Waals surface area contributed by atoms with Crippen molar-refractivity contribution in [3.63, 3.8) is 0 Å². The quantitative estimate of drug-likeness (QED) is 0.0593. The summed E-state index contributed by atoms with van der Waals surface area (Å²) in [5.41, 5.74) is 1.41. The Morgan fingerprint density at radius 2 is 1.34 bits per heavy atom. The number of amides is 3. The van der Waals surface area contributed by atoms with Gasteiger partial charge in [-0.05, 0) is 61.2 Å². The van der Waals surface area contributed by atoms with Gasteiger partial charge in [0.25, 0.3) is 5.91 Å². The molecule has 2 aliphatic rings. The fourth-order valence-electron chi connectivity index (χ4n) is 5.66. The minimum absolute atomic E-state index is 0.0511. The number of aromatic carboxylic acids is 1. The average molecular weight is 688 g/mol. The van der Waals surface area contributed by atoms with Gasteiger partial charge >= 0.3 is 5.97 Å². The molecule has 1 aliphatic carbocycles. The number of fused-ring (bicyclic) bond motifs is 2. The van der Waals surface area contributed by atoms with Gasteiger partial charge in [-0.3, -0.25) is 19.2 Å². The first-order chi connectivity index (χ1) is 24.2. The van der Waals surface area contributed by atoms with Gasteiger partial charge < -0.3 is 35.3 Å². The number of benzene rings is 3. The molecule has 0 radical (unpaired) electrons. The van der Waals surface area contributed by atoms with Crippen molar-refractivity contribution in [2.45, 2.75) is 64.7 Å². The van der Waals surface area contributed by atoms with E-state index in [1.54, 1.807) is 24.3 Å². The Morgan fingerprint density at radius 1 is 0.720 bits per heavy atom. The molecule has 0 aromatic heterocycles. The molecule has 12 nitrogen and oxygen atoms in total. The van der Waals surface area contributed by atoms with Crippen LogP contribution in [0.3, 0.4) is 0 Å². The molecule has 2 aromatic rings. The number of hydrogen-bond donors (Lipinski definition) is 5. The van der Waals surface area contributed by atoms with Crippen LogP contribution >= 0.6 is 0 Å². The van der Waals surface area contributed by atoms with Crippen LogP contribution in [0.25, 0.3) is 33.4 Å². The number of ether oxygens (including phenoxy) is 1. The maximum atomic E-state index is 12.9. The lowest BCUT2D eigenvalue weighted by molar-refractivity contribution is -0.130. The maximum Gasteiger partial charge on any atom is 0.336 e. The van der Waals surface area contributed by atoms with Crippen LogP contribution in [-0.4, -0.2) is 66.8 Å². The largest absolute Gasteiger partial charge is 0.508 e. The highest BCUT2D eigenvalue weighted by Crippen LogP contribution is 2.42. The van der Waals surface area contributed by atoms with Crippen molar-refractivity contribution in [3.8, 4) is 28.2 Å². The second-order valence-corrected chi connectivity index (χ2v) is 12.2. The molecule has 2 aromatic carbocycles. The number of phenolic OH excluding ortho intramolecular Hbond substituents is 1. The van der Waals surface area contributed by atoms with Gasteiger partial charge in [0, 0.05) is 53.8 Å². The Kier molecular flexibility index (Phi) is 14.3. The van der Waals surface area contributed by atoms with Gasteiger partial charge in [0.05, 0.1) is 5.56 Å². The number of nitrogens with one attached hydrogen (secondary N) is 3. The van der Waals surface area contributed by atoms with Crippen LogP contribution in [0, 0.1) is 0 Å². The number of unbranched alkanes of at least 4 members (excludes halogenated alkanes) is 7. The zero-order chi connectivity index (χ0) is 35.9. The highest BCUT2D eigenvalue weighted by molar-refractivity contribution is 6.09. The maximum absolute atomic E-state index is 12.9. The van der Waals surface area contributed by atoms with Crippen molar-refractivity contribution in [2.24, 2.45) is 0 Å². The Hall–Kier alpha value is -5.23. The Balaban J connectivity index is 1.20. The summed E-state index contributed by atoms with van der Waals surface area (Å²) in [7, 11) is 0. The van der Waals surface area contributed by atoms with Crippen LogP contribution in [0.4, 0.5) is 0 Å². The third-order valence-corrected chi connectivity index (χ3v) is 8.24. The van der Waals surface area contributed by atoms with Gasteiger partial charge in [-0.2, -0.15) is 0 Å². The van der Waals surface area contributed by atoms with Crippen molar-refractivity contribution in [1.82, 2.24) is 16.0 Å². The minimum atomic E-state index is -1.23. The molecule has 50 heavy (non-hydrogen) atoms. The van der Waals surface area contributed by atoms with E-state index in [0.717, 1.165) is 32.1 Å². The number of rotatable bonds is 20. The summed E-state index contributed by atoms with van der Waals surface area (Å²) >= 11 is 0. The average Bonchev–Trinajstić information content (AvgIpc) is 3.09. The lowest BCUT2D eigenvalue weighted by Gasteiger charge is -2.17. The predicted molar refractivity (Wildman–Crippen MR) is 190 cm³/mol. The summed E-state index contributed by atoms with van der Waals surface area (Å²) in [5, 5.41) is 29.1. The van der Waals surface area contributed by atoms with E-state index in [0.29, 0.717) is 48.1 Å². The molecule has 3 amide bonds. The van der Waals surface area contributed by atoms with Crippen LogP contribution in [-0.2, 0) is 14.3 Å². The third-order valence-electron chi connectivity index (χ3n) is 8.24. The van der Waals surface area contributed by atoms with Crippen molar-refractivity contribution < 1.29 is 38.5 Å². The van der Waals surface area contributed by atoms with Crippen molar-refractivity contribution >= 4 is 34.7 Å². The van der Waals surface area contributed by atoms with Crippen LogP contribution in [0.2, 0.25) is 0 Å². The molecule has 1 heterocycles. The van der Waals surface area contributed by atoms with Crippen LogP contribution in [0.5, 0.6) is 5.75 Å². The van der Waals surface area contributed by atoms with E-state index in [9.17, 15) is 34.2 Å². The topological polar surface area (TPSA) is 184 Å². The standard InChI is InChI=1S/C38H45N3O9/c1-2-3-4-5-8-17-39-34(44)23-49-24-35(45)40-18-9-6-7-10-19-41-37(46)25-11-14-28(31(20-25)38(47)48)36-29-15-12-26(42)21-32(29)50-33-22-27(43)13-16-30(33)36/h11-16,20-22,42H,2-10,17-19,23-24H2,1H3,(H,39,44)(H,40,45)(H,41,46)(H,47,48). The van der Waals surface area contributed by atoms with E-state index in [4.69, 9.17) is 9.15 Å². The van der Waals surface area contributed by atoms with E-state index >= 15 is 0 Å². The molecular formula is C38H45N3O9. The molecule has 5 N–H and O–H groups in total. The van der Waals surface area contributed by atoms with Crippen molar-refractivity contribution in [1.29, 1.82) is 0 Å². The first kappa shape index (κ1) is 37.6. The van der Waals surface area contributed by atoms with Crippen LogP contribution in [0.1, 0.15) is 85.4 Å². The SMILES string of the molecule is CCCCCCCNC(=O)COCC(=O)NCCCCCCNC(=O)c1ccc(-c2c3ccc(=O)cc-3oc3cc(O)ccc23)c(C(=O)O)c1. The summed E-state index contributed by atoms with van der Waals surface area (Å²) in [5.74, 6) is -1.97. The smallest absolute Gasteiger partial charge is 0.336 e. The summed E-state index contributed by atoms with van der Waals surface area (Å²) in [6.07, 6.45) is 8.63. The van der Waals surface area contributed by atoms with Crippen molar-refractivity contribution in [2.75, 3.05) is 32.8 Å². The molecule has 1 aliphatic heterocycles. The number of carbonyl (C=O) groups is 4. The highest BCUT2D eigenvalue weighted by atomic mass is 16.5. The van der Waals surface area contributed by atoms with Gasteiger partial charge in [-0.1, -0.05) is 51.5 Å². The van der Waals surface area contributed by atoms with E-state index in [-0.39, 0.29) is 58.7 Å². The molecule has 0 saturated carbocycles. The number of carbonyl (C=O) groups excluding carboxylic acids is 3. The fourth-order valence-corrected chi connectivity index (χ4v) is 5.66. The van der Waals surface area contributed by atoms with Crippen molar-refractivity contribution in [3.05, 3.63) is 75.9 Å². The van der Waals surface area contributed by atoms with Crippen LogP contribution in [0.15, 0.2) is 63.8 Å². The lowest BCUT2D eigenvalue weighted by Crippen LogP contribution is -2.32. The lowest BCUT2D eigenvalue weighted by atomic mass is 9.90. The molecule has 0 fully saturated rings. The number of hydrogen-bond acceptors (Lipinski definition) is 8. The molecule has 0 atom stereocenters. The summed E-state index contributed by atoms with van der Waals surface area (Å²) in [4.78, 5) is 61.2. The molecule has 266 valence electrons. The third kappa shape index (κ3) is 10.9. The second kappa shape index (κ2) is 19.1. The zero-order valence-electron chi connectivity index (χ0n) is 28.3. The van der Waals surface area contributed by atoms with E-state index in [1.807, 2.05) is 0 Å². The van der Waals surface area contributed by atoms with E-state index in [1.165, 1.54) is 49.6 Å². The molecule has 0 saturated heterocycles. The first-order valence-electron chi connectivity index (χ1n) is 17.1. The Morgan fingerprint density at radius 3 is 1.98 bits per heavy atom. The number of carboxylic acid groups (broad SMARTS) is 1. The number of aromatic hydroxyl groups is 1. The molecule has 0 unspecified atom stereocenters. The molecule has 0 bridgehead atoms. The van der Waals surface area contributed by atoms with Gasteiger partial charge in [0.1, 0.15) is 30.3 Å². The minimum Gasteiger partial charge on any atom is -0.508 e. The van der Waals surface area contributed by atoms with Gasteiger partial charge in [-0.15, -0.1) is 0 Å². The summed E-state index contributed by atoms with van der Waals surface area (Å²) < 4.78 is 11.1. The molecule has 12 heteroatoms. The second-order valence-electron chi connectivity index (χ2n) is 12.2. The zero-order valence-corrected chi connectivity index (χ0v) is 28.3. The summed E-state index contributed by atoms with van der Waals surface area (Å²) in [6.45, 7) is 3.30. The normalized spacial score (nSPS) is 11.1. The van der Waals surface area contributed by atoms with Gasteiger partial charge in [-0.25, -0.2) is 4.79 Å². The number of phenols is 1. The van der Waals surface area contributed by atoms with E-state index in [2.05, 4.69) is 22.9 Å². The Bertz CT molecular complexity index is 1820. The first-order valence-corrected chi connectivity index (χ1v) is 17.1. The summed E-state index contributed by atoms with van der Waals surface area (Å²) in [6, 6.07) is 13.1. The van der Waals surface area contributed by atoms with Crippen LogP contribution < -0.4 is 21.4 Å². The Labute approximate surface area is 290 Å². The van der Waals surface area contributed by atoms with E-state index < -0.39 is 11.9 Å². The van der Waals surface area contributed by atoms with Gasteiger partial charge in [0.2, 0.25) is 11.8 Å². The number of carboxylic acids is 1.